The molecule has 0 atom stereocenters. The number of rotatable bonds is 8. The van der Waals surface area contributed by atoms with E-state index in [0.717, 1.165) is 15.6 Å². The maximum absolute atomic E-state index is 12.9. The smallest absolute Gasteiger partial charge is 0.309 e. The zero-order valence-electron chi connectivity index (χ0n) is 16.7. The zero-order valence-corrected chi connectivity index (χ0v) is 19.2. The lowest BCUT2D eigenvalue weighted by molar-refractivity contribution is 0.219. The van der Waals surface area contributed by atoms with Crippen LogP contribution in [0.3, 0.4) is 0 Å². The molecular formula is C21H24BrN2O4P. The molecule has 0 saturated carbocycles. The van der Waals surface area contributed by atoms with E-state index in [2.05, 4.69) is 15.9 Å². The summed E-state index contributed by atoms with van der Waals surface area (Å²) < 4.78 is 26.0. The molecule has 0 aliphatic heterocycles. The molecule has 0 N–H and O–H groups in total. The number of halogens is 1. The van der Waals surface area contributed by atoms with Gasteiger partial charge < -0.3 is 9.05 Å². The summed E-state index contributed by atoms with van der Waals surface area (Å²) in [6.07, 6.45) is 0.203. The Balaban J connectivity index is 1.99. The highest BCUT2D eigenvalue weighted by Gasteiger charge is 2.24. The Morgan fingerprint density at radius 1 is 1.03 bits per heavy atom. The summed E-state index contributed by atoms with van der Waals surface area (Å²) in [4.78, 5) is 17.7. The average Bonchev–Trinajstić information content (AvgIpc) is 2.69. The Kier molecular flexibility index (Phi) is 7.06. The summed E-state index contributed by atoms with van der Waals surface area (Å²) in [6.45, 7) is 6.68. The third-order valence-corrected chi connectivity index (χ3v) is 7.02. The Bertz CT molecular complexity index is 1100. The fourth-order valence-corrected chi connectivity index (χ4v) is 5.27. The van der Waals surface area contributed by atoms with Gasteiger partial charge in [-0.1, -0.05) is 40.2 Å². The first-order valence-electron chi connectivity index (χ1n) is 9.58. The third-order valence-electron chi connectivity index (χ3n) is 4.47. The number of hydrogen-bond acceptors (Lipinski definition) is 5. The summed E-state index contributed by atoms with van der Waals surface area (Å²) >= 11 is 3.41. The predicted octanol–water partition coefficient (Wildman–Crippen LogP) is 5.61. The van der Waals surface area contributed by atoms with Crippen molar-refractivity contribution >= 4 is 34.4 Å². The molecule has 0 bridgehead atoms. The van der Waals surface area contributed by atoms with Crippen LogP contribution in [0.15, 0.2) is 51.7 Å². The Labute approximate surface area is 178 Å². The van der Waals surface area contributed by atoms with Gasteiger partial charge in [0.15, 0.2) is 0 Å². The molecule has 0 fully saturated rings. The van der Waals surface area contributed by atoms with Gasteiger partial charge in [0.25, 0.3) is 5.56 Å². The van der Waals surface area contributed by atoms with E-state index >= 15 is 0 Å². The van der Waals surface area contributed by atoms with E-state index < -0.39 is 7.60 Å². The van der Waals surface area contributed by atoms with Gasteiger partial charge in [0.05, 0.1) is 30.3 Å². The van der Waals surface area contributed by atoms with Crippen LogP contribution in [0.1, 0.15) is 26.3 Å². The summed E-state index contributed by atoms with van der Waals surface area (Å²) in [5.74, 6) is 0.608. The summed E-state index contributed by atoms with van der Waals surface area (Å²) in [5, 5.41) is 0.580. The van der Waals surface area contributed by atoms with Gasteiger partial charge in [-0.15, -0.1) is 0 Å². The molecule has 0 aliphatic carbocycles. The number of hydrogen-bond donors (Lipinski definition) is 0. The third kappa shape index (κ3) is 4.86. The molecular weight excluding hydrogens is 455 g/mol. The highest BCUT2D eigenvalue weighted by atomic mass is 79.9. The number of benzene rings is 2. The monoisotopic (exact) mass is 478 g/mol. The van der Waals surface area contributed by atoms with Gasteiger partial charge >= 0.3 is 7.60 Å². The van der Waals surface area contributed by atoms with E-state index in [0.29, 0.717) is 36.5 Å². The summed E-state index contributed by atoms with van der Waals surface area (Å²) in [7, 11) is -3.16. The maximum atomic E-state index is 12.9. The van der Waals surface area contributed by atoms with Crippen LogP contribution >= 0.6 is 23.5 Å². The Morgan fingerprint density at radius 3 is 2.28 bits per heavy atom. The Morgan fingerprint density at radius 2 is 1.69 bits per heavy atom. The molecule has 0 saturated heterocycles. The van der Waals surface area contributed by atoms with Crippen molar-refractivity contribution in [3.63, 3.8) is 0 Å². The van der Waals surface area contributed by atoms with Gasteiger partial charge in [-0.05, 0) is 44.5 Å². The predicted molar refractivity (Wildman–Crippen MR) is 119 cm³/mol. The standard InChI is InChI=1S/C21H24BrN2O4P/c1-4-24-20(23-19-12-11-17(22)13-18(19)21(24)25)16-9-7-15(8-10-16)14-29(26,27-5-2)28-6-3/h7-13H,4-6,14H2,1-3H3. The molecule has 1 heterocycles. The van der Waals surface area contributed by atoms with Crippen LogP contribution in [0.4, 0.5) is 0 Å². The second-order valence-electron chi connectivity index (χ2n) is 6.45. The topological polar surface area (TPSA) is 70.4 Å². The molecule has 0 radical (unpaired) electrons. The number of nitrogens with zero attached hydrogens (tertiary/aromatic N) is 2. The number of fused-ring (bicyclic) bond motifs is 1. The average molecular weight is 479 g/mol. The van der Waals surface area contributed by atoms with E-state index in [1.165, 1.54) is 0 Å². The summed E-state index contributed by atoms with van der Waals surface area (Å²) in [5.41, 5.74) is 2.24. The lowest BCUT2D eigenvalue weighted by Gasteiger charge is -2.17. The van der Waals surface area contributed by atoms with Crippen LogP contribution in [0.5, 0.6) is 0 Å². The van der Waals surface area contributed by atoms with Crippen molar-refractivity contribution in [1.82, 2.24) is 9.55 Å². The molecule has 0 amide bonds. The van der Waals surface area contributed by atoms with Gasteiger partial charge in [0, 0.05) is 16.6 Å². The van der Waals surface area contributed by atoms with Crippen molar-refractivity contribution < 1.29 is 13.6 Å². The van der Waals surface area contributed by atoms with Gasteiger partial charge in [-0.25, -0.2) is 4.98 Å². The molecule has 0 spiro atoms. The fourth-order valence-electron chi connectivity index (χ4n) is 3.21. The van der Waals surface area contributed by atoms with E-state index in [9.17, 15) is 9.36 Å². The molecule has 1 aromatic heterocycles. The fraction of sp³-hybridized carbons (Fsp3) is 0.333. The normalized spacial score (nSPS) is 11.9. The molecule has 3 aromatic rings. The van der Waals surface area contributed by atoms with Crippen molar-refractivity contribution in [3.8, 4) is 11.4 Å². The molecule has 29 heavy (non-hydrogen) atoms. The van der Waals surface area contributed by atoms with Gasteiger partial charge in [-0.2, -0.15) is 0 Å². The SMILES string of the molecule is CCOP(=O)(Cc1ccc(-c2nc3ccc(Br)cc3c(=O)n2CC)cc1)OCC. The second-order valence-corrected chi connectivity index (χ2v) is 9.42. The lowest BCUT2D eigenvalue weighted by Crippen LogP contribution is -2.22. The van der Waals surface area contributed by atoms with Crippen molar-refractivity contribution in [2.24, 2.45) is 0 Å². The van der Waals surface area contributed by atoms with Crippen LogP contribution in [-0.4, -0.2) is 22.8 Å². The van der Waals surface area contributed by atoms with Crippen LogP contribution in [0, 0.1) is 0 Å². The zero-order chi connectivity index (χ0) is 21.0. The first-order valence-corrected chi connectivity index (χ1v) is 12.1. The van der Waals surface area contributed by atoms with Crippen LogP contribution in [0.25, 0.3) is 22.3 Å². The lowest BCUT2D eigenvalue weighted by atomic mass is 10.1. The maximum Gasteiger partial charge on any atom is 0.335 e. The molecule has 0 aliphatic rings. The molecule has 3 rings (SSSR count). The van der Waals surface area contributed by atoms with E-state index in [-0.39, 0.29) is 11.7 Å². The Hall–Kier alpha value is -1.79. The summed E-state index contributed by atoms with van der Waals surface area (Å²) in [6, 6.07) is 13.0. The van der Waals surface area contributed by atoms with Crippen molar-refractivity contribution in [2.75, 3.05) is 13.2 Å². The minimum atomic E-state index is -3.16. The van der Waals surface area contributed by atoms with E-state index in [1.54, 1.807) is 24.5 Å². The van der Waals surface area contributed by atoms with Crippen LogP contribution < -0.4 is 5.56 Å². The van der Waals surface area contributed by atoms with E-state index in [4.69, 9.17) is 14.0 Å². The van der Waals surface area contributed by atoms with Gasteiger partial charge in [0.2, 0.25) is 0 Å². The van der Waals surface area contributed by atoms with Crippen LogP contribution in [0.2, 0.25) is 0 Å². The molecule has 2 aromatic carbocycles. The highest BCUT2D eigenvalue weighted by Crippen LogP contribution is 2.51. The highest BCUT2D eigenvalue weighted by molar-refractivity contribution is 9.10. The molecule has 0 unspecified atom stereocenters. The molecule has 154 valence electrons. The van der Waals surface area contributed by atoms with Crippen LogP contribution in [-0.2, 0) is 26.3 Å². The first-order chi connectivity index (χ1) is 13.9. The molecule has 8 heteroatoms. The van der Waals surface area contributed by atoms with Gasteiger partial charge in [0.1, 0.15) is 5.82 Å². The van der Waals surface area contributed by atoms with Crippen molar-refractivity contribution in [3.05, 3.63) is 62.9 Å². The first kappa shape index (κ1) is 21.9. The number of aromatic nitrogens is 2. The van der Waals surface area contributed by atoms with Crippen molar-refractivity contribution in [2.45, 2.75) is 33.5 Å². The molecule has 6 nitrogen and oxygen atoms in total. The minimum absolute atomic E-state index is 0.0740. The minimum Gasteiger partial charge on any atom is -0.309 e. The quantitative estimate of drug-likeness (QED) is 0.393. The van der Waals surface area contributed by atoms with E-state index in [1.807, 2.05) is 43.3 Å². The second kappa shape index (κ2) is 9.35. The van der Waals surface area contributed by atoms with Crippen molar-refractivity contribution in [1.29, 1.82) is 0 Å². The largest absolute Gasteiger partial charge is 0.335 e. The van der Waals surface area contributed by atoms with Gasteiger partial charge in [-0.3, -0.25) is 13.9 Å².